The van der Waals surface area contributed by atoms with Crippen LogP contribution < -0.4 is 0 Å². The molecule has 0 aliphatic rings. The molecule has 1 aromatic rings. The fourth-order valence-corrected chi connectivity index (χ4v) is 1.73. The normalized spacial score (nSPS) is 13.4. The van der Waals surface area contributed by atoms with Gasteiger partial charge in [-0.15, -0.1) is 0 Å². The van der Waals surface area contributed by atoms with E-state index >= 15 is 0 Å². The third kappa shape index (κ3) is 6.17. The van der Waals surface area contributed by atoms with Gasteiger partial charge in [0.25, 0.3) is 3.79 Å². The van der Waals surface area contributed by atoms with Crippen LogP contribution in [0.4, 0.5) is 0 Å². The van der Waals surface area contributed by atoms with Gasteiger partial charge in [-0.3, -0.25) is 5.41 Å². The number of halogens is 3. The van der Waals surface area contributed by atoms with E-state index in [1.54, 1.807) is 0 Å². The summed E-state index contributed by atoms with van der Waals surface area (Å²) in [5.41, 5.74) is 0.916. The molecule has 0 unspecified atom stereocenters. The van der Waals surface area contributed by atoms with Crippen molar-refractivity contribution in [2.75, 3.05) is 0 Å². The number of alkyl halides is 3. The van der Waals surface area contributed by atoms with Crippen LogP contribution in [0.3, 0.4) is 0 Å². The number of unbranched alkanes of at least 4 members (excludes halogenated alkanes) is 2. The molecule has 0 fully saturated rings. The molecule has 1 rings (SSSR count). The van der Waals surface area contributed by atoms with Gasteiger partial charge in [-0.05, 0) is 18.1 Å². The lowest BCUT2D eigenvalue weighted by atomic mass is 10.1. The standard InChI is InChI=1S/C15H18Cl3NO/c1-2-3-4-8-11-13(12-9-6-5-7-10-12)20-14(19)15(16,17)18/h5-11,13,19H,2-4H2,1H3/b11-8+,19-14?/t13-/m0/s1. The van der Waals surface area contributed by atoms with Crippen molar-refractivity contribution in [3.63, 3.8) is 0 Å². The zero-order valence-electron chi connectivity index (χ0n) is 11.3. The molecule has 20 heavy (non-hydrogen) atoms. The van der Waals surface area contributed by atoms with E-state index in [-0.39, 0.29) is 5.90 Å². The van der Waals surface area contributed by atoms with Crippen molar-refractivity contribution in [2.45, 2.75) is 36.1 Å². The lowest BCUT2D eigenvalue weighted by Crippen LogP contribution is -2.23. The third-order valence-electron chi connectivity index (χ3n) is 2.67. The molecule has 0 aliphatic heterocycles. The minimum Gasteiger partial charge on any atom is -0.466 e. The summed E-state index contributed by atoms with van der Waals surface area (Å²) in [5, 5.41) is 7.68. The van der Waals surface area contributed by atoms with E-state index in [1.807, 2.05) is 42.5 Å². The Morgan fingerprint density at radius 1 is 1.30 bits per heavy atom. The summed E-state index contributed by atoms with van der Waals surface area (Å²) in [6, 6.07) is 9.57. The van der Waals surface area contributed by atoms with E-state index in [2.05, 4.69) is 6.92 Å². The van der Waals surface area contributed by atoms with E-state index in [1.165, 1.54) is 0 Å². The minimum atomic E-state index is -1.84. The highest BCUT2D eigenvalue weighted by Crippen LogP contribution is 2.31. The van der Waals surface area contributed by atoms with Crippen molar-refractivity contribution in [2.24, 2.45) is 0 Å². The number of hydrogen-bond acceptors (Lipinski definition) is 2. The SMILES string of the molecule is CCCC/C=C/[C@H](OC(=N)C(Cl)(Cl)Cl)c1ccccc1. The zero-order valence-corrected chi connectivity index (χ0v) is 13.6. The van der Waals surface area contributed by atoms with E-state index in [0.29, 0.717) is 0 Å². The molecule has 0 heterocycles. The Morgan fingerprint density at radius 2 is 1.95 bits per heavy atom. The number of hydrogen-bond donors (Lipinski definition) is 1. The van der Waals surface area contributed by atoms with Crippen LogP contribution in [0, 0.1) is 5.41 Å². The fraction of sp³-hybridized carbons (Fsp3) is 0.400. The van der Waals surface area contributed by atoms with E-state index in [0.717, 1.165) is 24.8 Å². The van der Waals surface area contributed by atoms with Gasteiger partial charge in [0.05, 0.1) is 0 Å². The van der Waals surface area contributed by atoms with Gasteiger partial charge in [0, 0.05) is 0 Å². The highest BCUT2D eigenvalue weighted by molar-refractivity contribution is 6.76. The molecular weight excluding hydrogens is 317 g/mol. The molecule has 0 bridgehead atoms. The van der Waals surface area contributed by atoms with Crippen molar-refractivity contribution < 1.29 is 4.74 Å². The molecule has 1 aromatic carbocycles. The number of nitrogens with one attached hydrogen (secondary N) is 1. The minimum absolute atomic E-state index is 0.378. The highest BCUT2D eigenvalue weighted by Gasteiger charge is 2.30. The first-order valence-corrected chi connectivity index (χ1v) is 7.62. The van der Waals surface area contributed by atoms with Crippen LogP contribution >= 0.6 is 34.8 Å². The average Bonchev–Trinajstić information content (AvgIpc) is 2.42. The Labute approximate surface area is 135 Å². The van der Waals surface area contributed by atoms with Crippen LogP contribution in [0.2, 0.25) is 0 Å². The van der Waals surface area contributed by atoms with Crippen LogP contribution in [0.5, 0.6) is 0 Å². The summed E-state index contributed by atoms with van der Waals surface area (Å²) in [4.78, 5) is 0. The molecule has 0 saturated carbocycles. The van der Waals surface area contributed by atoms with Crippen molar-refractivity contribution in [3.05, 3.63) is 48.0 Å². The largest absolute Gasteiger partial charge is 0.466 e. The highest BCUT2D eigenvalue weighted by atomic mass is 35.6. The molecule has 1 atom stereocenters. The topological polar surface area (TPSA) is 33.1 Å². The fourth-order valence-electron chi connectivity index (χ4n) is 1.60. The van der Waals surface area contributed by atoms with E-state index in [9.17, 15) is 0 Å². The molecule has 1 N–H and O–H groups in total. The van der Waals surface area contributed by atoms with Gasteiger partial charge < -0.3 is 4.74 Å². The molecule has 0 spiro atoms. The monoisotopic (exact) mass is 333 g/mol. The third-order valence-corrected chi connectivity index (χ3v) is 3.18. The molecule has 0 radical (unpaired) electrons. The second kappa shape index (κ2) is 8.56. The number of allylic oxidation sites excluding steroid dienone is 1. The Bertz CT molecular complexity index is 440. The summed E-state index contributed by atoms with van der Waals surface area (Å²) in [7, 11) is 0. The summed E-state index contributed by atoms with van der Waals surface area (Å²) in [5.74, 6) is -0.378. The smallest absolute Gasteiger partial charge is 0.265 e. The Balaban J connectivity index is 2.80. The van der Waals surface area contributed by atoms with Gasteiger partial charge in [-0.1, -0.05) is 91.0 Å². The van der Waals surface area contributed by atoms with Crippen molar-refractivity contribution >= 4 is 40.7 Å². The average molecular weight is 335 g/mol. The Kier molecular flexibility index (Phi) is 7.42. The van der Waals surface area contributed by atoms with Crippen LogP contribution in [0.25, 0.3) is 0 Å². The first kappa shape index (κ1) is 17.4. The predicted molar refractivity (Wildman–Crippen MR) is 86.9 cm³/mol. The van der Waals surface area contributed by atoms with Crippen molar-refractivity contribution in [1.82, 2.24) is 0 Å². The van der Waals surface area contributed by atoms with Crippen molar-refractivity contribution in [1.29, 1.82) is 5.41 Å². The number of ether oxygens (including phenoxy) is 1. The maximum atomic E-state index is 7.68. The van der Waals surface area contributed by atoms with Crippen LogP contribution in [0.15, 0.2) is 42.5 Å². The molecule has 5 heteroatoms. The van der Waals surface area contributed by atoms with Gasteiger partial charge in [0.2, 0.25) is 5.90 Å². The number of rotatable bonds is 6. The molecule has 110 valence electrons. The van der Waals surface area contributed by atoms with Gasteiger partial charge in [0.1, 0.15) is 6.10 Å². The molecule has 0 amide bonds. The molecule has 0 saturated heterocycles. The summed E-state index contributed by atoms with van der Waals surface area (Å²) in [6.07, 6.45) is 6.72. The van der Waals surface area contributed by atoms with Gasteiger partial charge in [-0.2, -0.15) is 0 Å². The maximum Gasteiger partial charge on any atom is 0.265 e. The first-order valence-electron chi connectivity index (χ1n) is 6.49. The van der Waals surface area contributed by atoms with Crippen LogP contribution in [-0.2, 0) is 4.74 Å². The van der Waals surface area contributed by atoms with Crippen LogP contribution in [0.1, 0.15) is 37.9 Å². The van der Waals surface area contributed by atoms with Gasteiger partial charge in [-0.25, -0.2) is 0 Å². The summed E-state index contributed by atoms with van der Waals surface area (Å²) in [6.45, 7) is 2.14. The Hall–Kier alpha value is -0.700. The first-order chi connectivity index (χ1) is 9.45. The quantitative estimate of drug-likeness (QED) is 0.229. The second-order valence-electron chi connectivity index (χ2n) is 4.35. The summed E-state index contributed by atoms with van der Waals surface area (Å²) < 4.78 is 3.64. The van der Waals surface area contributed by atoms with E-state index < -0.39 is 9.90 Å². The van der Waals surface area contributed by atoms with Crippen molar-refractivity contribution in [3.8, 4) is 0 Å². The Morgan fingerprint density at radius 3 is 2.50 bits per heavy atom. The second-order valence-corrected chi connectivity index (χ2v) is 6.63. The predicted octanol–water partition coefficient (Wildman–Crippen LogP) is 5.84. The number of benzene rings is 1. The van der Waals surface area contributed by atoms with Crippen LogP contribution in [-0.4, -0.2) is 9.69 Å². The molecule has 0 aliphatic carbocycles. The molecule has 2 nitrogen and oxygen atoms in total. The molecule has 0 aromatic heterocycles. The maximum absolute atomic E-state index is 7.68. The summed E-state index contributed by atoms with van der Waals surface area (Å²) >= 11 is 17.0. The lowest BCUT2D eigenvalue weighted by molar-refractivity contribution is 0.233. The van der Waals surface area contributed by atoms with E-state index in [4.69, 9.17) is 44.9 Å². The zero-order chi connectivity index (χ0) is 15.0. The van der Waals surface area contributed by atoms with Gasteiger partial charge >= 0.3 is 0 Å². The lowest BCUT2D eigenvalue weighted by Gasteiger charge is -2.20. The van der Waals surface area contributed by atoms with Gasteiger partial charge in [0.15, 0.2) is 0 Å². The molecular formula is C15H18Cl3NO.